The number of Topliss-reactive ketones (excluding diaryl/α,β-unsaturated/α-hetero) is 1. The highest BCUT2D eigenvalue weighted by atomic mass is 19.1. The van der Waals surface area contributed by atoms with Gasteiger partial charge in [-0.15, -0.1) is 0 Å². The fraction of sp³-hybridized carbons (Fsp3) is 0.385. The molecule has 0 aliphatic heterocycles. The van der Waals surface area contributed by atoms with Crippen LogP contribution in [0.1, 0.15) is 31.7 Å². The monoisotopic (exact) mass is 235 g/mol. The van der Waals surface area contributed by atoms with Crippen molar-refractivity contribution in [1.82, 2.24) is 5.32 Å². The Morgan fingerprint density at radius 1 is 1.29 bits per heavy atom. The third-order valence-corrected chi connectivity index (χ3v) is 2.94. The number of carbonyl (C=O) groups excluding carboxylic acids is 2. The second-order valence-electron chi connectivity index (χ2n) is 4.52. The lowest BCUT2D eigenvalue weighted by atomic mass is 10.0. The van der Waals surface area contributed by atoms with Crippen molar-refractivity contribution in [2.75, 3.05) is 0 Å². The highest BCUT2D eigenvalue weighted by Crippen LogP contribution is 2.45. The van der Waals surface area contributed by atoms with Crippen LogP contribution in [0.25, 0.3) is 0 Å². The molecule has 0 bridgehead atoms. The van der Waals surface area contributed by atoms with Crippen molar-refractivity contribution in [1.29, 1.82) is 0 Å². The molecular formula is C13H14FNO2. The van der Waals surface area contributed by atoms with Crippen LogP contribution in [0.2, 0.25) is 0 Å². The maximum Gasteiger partial charge on any atom is 0.228 e. The molecule has 0 atom stereocenters. The maximum atomic E-state index is 12.8. The van der Waals surface area contributed by atoms with Crippen LogP contribution in [0.3, 0.4) is 0 Å². The third kappa shape index (κ3) is 2.70. The molecule has 0 saturated heterocycles. The van der Waals surface area contributed by atoms with Gasteiger partial charge in [-0.05, 0) is 37.5 Å². The smallest absolute Gasteiger partial charge is 0.228 e. The molecule has 0 aromatic heterocycles. The molecule has 1 fully saturated rings. The summed E-state index contributed by atoms with van der Waals surface area (Å²) in [5, 5.41) is 2.85. The standard InChI is InChI=1S/C13H14FNO2/c1-9(16)8-12(17)15-13(6-7-13)10-2-4-11(14)5-3-10/h2-5H,6-8H2,1H3,(H,15,17). The fourth-order valence-electron chi connectivity index (χ4n) is 1.92. The third-order valence-electron chi connectivity index (χ3n) is 2.94. The summed E-state index contributed by atoms with van der Waals surface area (Å²) in [6, 6.07) is 6.12. The fourth-order valence-corrected chi connectivity index (χ4v) is 1.92. The first-order chi connectivity index (χ1) is 8.02. The molecule has 17 heavy (non-hydrogen) atoms. The van der Waals surface area contributed by atoms with Crippen LogP contribution in [-0.2, 0) is 15.1 Å². The molecule has 1 aromatic carbocycles. The highest BCUT2D eigenvalue weighted by molar-refractivity contribution is 5.97. The van der Waals surface area contributed by atoms with Crippen molar-refractivity contribution < 1.29 is 14.0 Å². The number of benzene rings is 1. The minimum Gasteiger partial charge on any atom is -0.346 e. The average Bonchev–Trinajstić information content (AvgIpc) is 2.98. The molecule has 0 unspecified atom stereocenters. The van der Waals surface area contributed by atoms with E-state index >= 15 is 0 Å². The van der Waals surface area contributed by atoms with Crippen LogP contribution in [0.4, 0.5) is 4.39 Å². The molecular weight excluding hydrogens is 221 g/mol. The second-order valence-corrected chi connectivity index (χ2v) is 4.52. The molecule has 1 aliphatic rings. The number of halogens is 1. The first-order valence-electron chi connectivity index (χ1n) is 5.58. The van der Waals surface area contributed by atoms with Gasteiger partial charge in [0.05, 0.1) is 12.0 Å². The summed E-state index contributed by atoms with van der Waals surface area (Å²) in [5.41, 5.74) is 0.524. The molecule has 1 aromatic rings. The molecule has 4 heteroatoms. The molecule has 0 spiro atoms. The van der Waals surface area contributed by atoms with Crippen molar-refractivity contribution in [2.24, 2.45) is 0 Å². The van der Waals surface area contributed by atoms with Gasteiger partial charge in [0.25, 0.3) is 0 Å². The topological polar surface area (TPSA) is 46.2 Å². The lowest BCUT2D eigenvalue weighted by Crippen LogP contribution is -2.35. The van der Waals surface area contributed by atoms with E-state index in [-0.39, 0.29) is 29.5 Å². The van der Waals surface area contributed by atoms with Crippen LogP contribution in [0.15, 0.2) is 24.3 Å². The second kappa shape index (κ2) is 4.28. The molecule has 1 N–H and O–H groups in total. The van der Waals surface area contributed by atoms with E-state index < -0.39 is 0 Å². The average molecular weight is 235 g/mol. The van der Waals surface area contributed by atoms with E-state index in [1.807, 2.05) is 0 Å². The van der Waals surface area contributed by atoms with Crippen LogP contribution in [0, 0.1) is 5.82 Å². The zero-order valence-corrected chi connectivity index (χ0v) is 9.63. The van der Waals surface area contributed by atoms with E-state index in [0.29, 0.717) is 0 Å². The number of amides is 1. The molecule has 3 nitrogen and oxygen atoms in total. The number of carbonyl (C=O) groups is 2. The van der Waals surface area contributed by atoms with Crippen molar-refractivity contribution in [3.8, 4) is 0 Å². The Bertz CT molecular complexity index is 449. The molecule has 0 radical (unpaired) electrons. The minimum atomic E-state index is -0.375. The van der Waals surface area contributed by atoms with E-state index in [0.717, 1.165) is 18.4 Å². The van der Waals surface area contributed by atoms with Gasteiger partial charge in [-0.3, -0.25) is 9.59 Å². The van der Waals surface area contributed by atoms with Gasteiger partial charge in [0.1, 0.15) is 11.6 Å². The van der Waals surface area contributed by atoms with E-state index in [2.05, 4.69) is 5.32 Å². The SMILES string of the molecule is CC(=O)CC(=O)NC1(c2ccc(F)cc2)CC1. The van der Waals surface area contributed by atoms with Gasteiger partial charge in [0.2, 0.25) is 5.91 Å². The zero-order valence-electron chi connectivity index (χ0n) is 9.63. The molecule has 1 saturated carbocycles. The highest BCUT2D eigenvalue weighted by Gasteiger charge is 2.45. The summed E-state index contributed by atoms with van der Waals surface area (Å²) in [6.45, 7) is 1.39. The van der Waals surface area contributed by atoms with Crippen LogP contribution >= 0.6 is 0 Å². The lowest BCUT2D eigenvalue weighted by Gasteiger charge is -2.17. The van der Waals surface area contributed by atoms with Crippen molar-refractivity contribution in [3.63, 3.8) is 0 Å². The van der Waals surface area contributed by atoms with E-state index in [1.165, 1.54) is 19.1 Å². The summed E-state index contributed by atoms with van der Waals surface area (Å²) in [6.07, 6.45) is 1.58. The van der Waals surface area contributed by atoms with E-state index in [4.69, 9.17) is 0 Å². The van der Waals surface area contributed by atoms with E-state index in [9.17, 15) is 14.0 Å². The Labute approximate surface area is 99.0 Å². The Kier molecular flexibility index (Phi) is 2.96. The number of hydrogen-bond acceptors (Lipinski definition) is 2. The van der Waals surface area contributed by atoms with Crippen LogP contribution < -0.4 is 5.32 Å². The molecule has 90 valence electrons. The van der Waals surface area contributed by atoms with Crippen LogP contribution in [-0.4, -0.2) is 11.7 Å². The van der Waals surface area contributed by atoms with Gasteiger partial charge in [-0.1, -0.05) is 12.1 Å². The molecule has 2 rings (SSSR count). The zero-order chi connectivity index (χ0) is 12.5. The number of nitrogens with one attached hydrogen (secondary N) is 1. The Balaban J connectivity index is 2.07. The predicted octanol–water partition coefficient (Wildman–Crippen LogP) is 1.91. The summed E-state index contributed by atoms with van der Waals surface area (Å²) in [4.78, 5) is 22.4. The Hall–Kier alpha value is -1.71. The van der Waals surface area contributed by atoms with Crippen LogP contribution in [0.5, 0.6) is 0 Å². The quantitative estimate of drug-likeness (QED) is 0.810. The van der Waals surface area contributed by atoms with Gasteiger partial charge >= 0.3 is 0 Å². The Morgan fingerprint density at radius 2 is 1.88 bits per heavy atom. The summed E-state index contributed by atoms with van der Waals surface area (Å²) < 4.78 is 12.8. The molecule has 0 heterocycles. The largest absolute Gasteiger partial charge is 0.346 e. The van der Waals surface area contributed by atoms with E-state index in [1.54, 1.807) is 12.1 Å². The van der Waals surface area contributed by atoms with Gasteiger partial charge < -0.3 is 5.32 Å². The number of hydrogen-bond donors (Lipinski definition) is 1. The van der Waals surface area contributed by atoms with Gasteiger partial charge in [0.15, 0.2) is 0 Å². The van der Waals surface area contributed by atoms with Gasteiger partial charge in [-0.2, -0.15) is 0 Å². The summed E-state index contributed by atoms with van der Waals surface area (Å²) in [7, 11) is 0. The first-order valence-corrected chi connectivity index (χ1v) is 5.58. The summed E-state index contributed by atoms with van der Waals surface area (Å²) in [5.74, 6) is -0.712. The Morgan fingerprint density at radius 3 is 2.35 bits per heavy atom. The van der Waals surface area contributed by atoms with Crippen molar-refractivity contribution in [3.05, 3.63) is 35.6 Å². The van der Waals surface area contributed by atoms with Gasteiger partial charge in [0, 0.05) is 0 Å². The predicted molar refractivity (Wildman–Crippen MR) is 60.8 cm³/mol. The molecule has 1 aliphatic carbocycles. The number of ketones is 1. The number of rotatable bonds is 4. The van der Waals surface area contributed by atoms with Crippen molar-refractivity contribution in [2.45, 2.75) is 31.7 Å². The first kappa shape index (κ1) is 11.8. The maximum absolute atomic E-state index is 12.8. The van der Waals surface area contributed by atoms with Crippen molar-refractivity contribution >= 4 is 11.7 Å². The lowest BCUT2D eigenvalue weighted by molar-refractivity contribution is -0.127. The minimum absolute atomic E-state index is 0.0943. The molecule has 1 amide bonds. The normalized spacial score (nSPS) is 16.4. The summed E-state index contributed by atoms with van der Waals surface area (Å²) >= 11 is 0. The van der Waals surface area contributed by atoms with Gasteiger partial charge in [-0.25, -0.2) is 4.39 Å².